The molecule has 5 heteroatoms. The number of benzene rings is 1. The van der Waals surface area contributed by atoms with Crippen molar-refractivity contribution in [1.29, 1.82) is 0 Å². The zero-order chi connectivity index (χ0) is 15.6. The number of rotatable bonds is 4. The van der Waals surface area contributed by atoms with Gasteiger partial charge in [-0.25, -0.2) is 9.78 Å². The molecule has 0 unspecified atom stereocenters. The summed E-state index contributed by atoms with van der Waals surface area (Å²) in [5.41, 5.74) is 9.05. The smallest absolute Gasteiger partial charge is 0.339 e. The molecule has 0 radical (unpaired) electrons. The van der Waals surface area contributed by atoms with E-state index in [1.54, 1.807) is 0 Å². The molecule has 5 nitrogen and oxygen atoms in total. The van der Waals surface area contributed by atoms with Crippen LogP contribution in [0.3, 0.4) is 0 Å². The van der Waals surface area contributed by atoms with E-state index in [1.165, 1.54) is 12.3 Å². The molecule has 0 saturated carbocycles. The molecule has 2 rings (SSSR count). The number of aromatic carboxylic acids is 1. The molecule has 0 spiro atoms. The number of nitrogen functional groups attached to an aromatic ring is 1. The number of nitrogens with two attached hydrogens (primary N) is 1. The maximum Gasteiger partial charge on any atom is 0.339 e. The first kappa shape index (κ1) is 14.8. The van der Waals surface area contributed by atoms with E-state index < -0.39 is 5.97 Å². The van der Waals surface area contributed by atoms with Gasteiger partial charge in [0.2, 0.25) is 0 Å². The van der Waals surface area contributed by atoms with Crippen LogP contribution in [0, 0.1) is 6.92 Å². The maximum atomic E-state index is 11.3. The standard InChI is InChI=1S/C16H19N3O2/c1-9(2)12-6-4-5-10(3)14(12)19-15-13(16(20)21)7-11(17)8-18-15/h4-9H,17H2,1-3H3,(H,18,19)(H,20,21). The van der Waals surface area contributed by atoms with Crippen LogP contribution < -0.4 is 11.1 Å². The van der Waals surface area contributed by atoms with E-state index in [4.69, 9.17) is 5.73 Å². The van der Waals surface area contributed by atoms with Crippen molar-refractivity contribution >= 4 is 23.2 Å². The number of para-hydroxylation sites is 1. The molecule has 0 saturated heterocycles. The number of carbonyl (C=O) groups is 1. The Hall–Kier alpha value is -2.56. The van der Waals surface area contributed by atoms with Gasteiger partial charge in [0.1, 0.15) is 11.4 Å². The second-order valence-electron chi connectivity index (χ2n) is 5.29. The number of pyridine rings is 1. The number of nitrogens with one attached hydrogen (secondary N) is 1. The summed E-state index contributed by atoms with van der Waals surface area (Å²) in [6, 6.07) is 7.40. The Morgan fingerprint density at radius 2 is 2.10 bits per heavy atom. The van der Waals surface area contributed by atoms with Gasteiger partial charge >= 0.3 is 5.97 Å². The molecule has 110 valence electrons. The van der Waals surface area contributed by atoms with Gasteiger partial charge in [0.15, 0.2) is 0 Å². The molecular formula is C16H19N3O2. The average molecular weight is 285 g/mol. The van der Waals surface area contributed by atoms with Gasteiger partial charge in [-0.05, 0) is 30.0 Å². The Balaban J connectivity index is 2.51. The Bertz CT molecular complexity index is 681. The average Bonchev–Trinajstić information content (AvgIpc) is 2.42. The largest absolute Gasteiger partial charge is 0.478 e. The molecule has 0 bridgehead atoms. The van der Waals surface area contributed by atoms with Gasteiger partial charge in [0.05, 0.1) is 11.9 Å². The molecule has 2 aromatic rings. The lowest BCUT2D eigenvalue weighted by atomic mass is 9.98. The van der Waals surface area contributed by atoms with Crippen LogP contribution in [0.15, 0.2) is 30.5 Å². The molecule has 0 aliphatic carbocycles. The third kappa shape index (κ3) is 3.13. The first-order chi connectivity index (χ1) is 9.90. The summed E-state index contributed by atoms with van der Waals surface area (Å²) in [5.74, 6) is -0.445. The van der Waals surface area contributed by atoms with Gasteiger partial charge in [-0.3, -0.25) is 0 Å². The highest BCUT2D eigenvalue weighted by Gasteiger charge is 2.15. The van der Waals surface area contributed by atoms with Crippen LogP contribution in [0.5, 0.6) is 0 Å². The van der Waals surface area contributed by atoms with Crippen molar-refractivity contribution in [2.75, 3.05) is 11.1 Å². The highest BCUT2D eigenvalue weighted by atomic mass is 16.4. The third-order valence-corrected chi connectivity index (χ3v) is 3.31. The minimum Gasteiger partial charge on any atom is -0.478 e. The van der Waals surface area contributed by atoms with Crippen molar-refractivity contribution < 1.29 is 9.90 Å². The number of carboxylic acids is 1. The van der Waals surface area contributed by atoms with Gasteiger partial charge in [-0.2, -0.15) is 0 Å². The molecule has 4 N–H and O–H groups in total. The molecule has 0 atom stereocenters. The lowest BCUT2D eigenvalue weighted by Crippen LogP contribution is -2.08. The predicted molar refractivity (Wildman–Crippen MR) is 84.2 cm³/mol. The molecule has 21 heavy (non-hydrogen) atoms. The molecule has 1 aromatic heterocycles. The highest BCUT2D eigenvalue weighted by molar-refractivity contribution is 5.95. The second-order valence-corrected chi connectivity index (χ2v) is 5.29. The Labute approximate surface area is 123 Å². The third-order valence-electron chi connectivity index (χ3n) is 3.31. The predicted octanol–water partition coefficient (Wildman–Crippen LogP) is 3.54. The minimum atomic E-state index is -1.06. The Morgan fingerprint density at radius 3 is 2.71 bits per heavy atom. The van der Waals surface area contributed by atoms with Crippen LogP contribution in [-0.2, 0) is 0 Å². The van der Waals surface area contributed by atoms with E-state index in [2.05, 4.69) is 24.1 Å². The first-order valence-electron chi connectivity index (χ1n) is 6.75. The molecule has 0 aliphatic rings. The molecule has 0 fully saturated rings. The fourth-order valence-electron chi connectivity index (χ4n) is 2.20. The van der Waals surface area contributed by atoms with Crippen molar-refractivity contribution in [3.63, 3.8) is 0 Å². The van der Waals surface area contributed by atoms with E-state index >= 15 is 0 Å². The summed E-state index contributed by atoms with van der Waals surface area (Å²) >= 11 is 0. The number of aryl methyl sites for hydroxylation is 1. The van der Waals surface area contributed by atoms with E-state index in [-0.39, 0.29) is 5.56 Å². The number of aromatic nitrogens is 1. The van der Waals surface area contributed by atoms with Crippen molar-refractivity contribution in [2.45, 2.75) is 26.7 Å². The van der Waals surface area contributed by atoms with Gasteiger partial charge in [0, 0.05) is 5.69 Å². The van der Waals surface area contributed by atoms with E-state index in [9.17, 15) is 9.90 Å². The zero-order valence-electron chi connectivity index (χ0n) is 12.3. The van der Waals surface area contributed by atoms with Crippen molar-refractivity contribution in [3.05, 3.63) is 47.2 Å². The number of carboxylic acid groups (broad SMARTS) is 1. The fraction of sp³-hybridized carbons (Fsp3) is 0.250. The number of hydrogen-bond donors (Lipinski definition) is 3. The van der Waals surface area contributed by atoms with Crippen LogP contribution in [0.1, 0.15) is 41.3 Å². The number of nitrogens with zero attached hydrogens (tertiary/aromatic N) is 1. The Morgan fingerprint density at radius 1 is 1.38 bits per heavy atom. The number of hydrogen-bond acceptors (Lipinski definition) is 4. The van der Waals surface area contributed by atoms with Crippen LogP contribution in [0.25, 0.3) is 0 Å². The summed E-state index contributed by atoms with van der Waals surface area (Å²) in [7, 11) is 0. The van der Waals surface area contributed by atoms with E-state index in [0.29, 0.717) is 17.4 Å². The minimum absolute atomic E-state index is 0.0629. The summed E-state index contributed by atoms with van der Waals surface area (Å²) < 4.78 is 0. The van der Waals surface area contributed by atoms with Crippen LogP contribution in [-0.4, -0.2) is 16.1 Å². The molecule has 0 aliphatic heterocycles. The van der Waals surface area contributed by atoms with Crippen LogP contribution in [0.4, 0.5) is 17.2 Å². The lowest BCUT2D eigenvalue weighted by Gasteiger charge is -2.18. The van der Waals surface area contributed by atoms with E-state index in [0.717, 1.165) is 16.8 Å². The SMILES string of the molecule is Cc1cccc(C(C)C)c1Nc1ncc(N)cc1C(=O)O. The lowest BCUT2D eigenvalue weighted by molar-refractivity contribution is 0.0697. The quantitative estimate of drug-likeness (QED) is 0.799. The molecular weight excluding hydrogens is 266 g/mol. The molecule has 1 aromatic carbocycles. The summed E-state index contributed by atoms with van der Waals surface area (Å²) in [6.45, 7) is 6.16. The zero-order valence-corrected chi connectivity index (χ0v) is 12.3. The van der Waals surface area contributed by atoms with E-state index in [1.807, 2.05) is 25.1 Å². The first-order valence-corrected chi connectivity index (χ1v) is 6.75. The van der Waals surface area contributed by atoms with Crippen molar-refractivity contribution in [1.82, 2.24) is 4.98 Å². The van der Waals surface area contributed by atoms with Gasteiger partial charge in [-0.1, -0.05) is 32.0 Å². The van der Waals surface area contributed by atoms with Crippen molar-refractivity contribution in [2.24, 2.45) is 0 Å². The summed E-state index contributed by atoms with van der Waals surface area (Å²) in [4.78, 5) is 15.5. The van der Waals surface area contributed by atoms with Gasteiger partial charge in [0.25, 0.3) is 0 Å². The normalized spacial score (nSPS) is 10.7. The van der Waals surface area contributed by atoms with Crippen molar-refractivity contribution in [3.8, 4) is 0 Å². The fourth-order valence-corrected chi connectivity index (χ4v) is 2.20. The Kier molecular flexibility index (Phi) is 4.12. The molecule has 1 heterocycles. The number of anilines is 3. The highest BCUT2D eigenvalue weighted by Crippen LogP contribution is 2.31. The summed E-state index contributed by atoms with van der Waals surface area (Å²) in [6.07, 6.45) is 1.45. The maximum absolute atomic E-state index is 11.3. The van der Waals surface area contributed by atoms with Gasteiger partial charge in [-0.15, -0.1) is 0 Å². The topological polar surface area (TPSA) is 88.2 Å². The van der Waals surface area contributed by atoms with Crippen LogP contribution in [0.2, 0.25) is 0 Å². The summed E-state index contributed by atoms with van der Waals surface area (Å²) in [5, 5.41) is 12.4. The molecule has 0 amide bonds. The second kappa shape index (κ2) is 5.83. The monoisotopic (exact) mass is 285 g/mol. The van der Waals surface area contributed by atoms with Crippen LogP contribution >= 0.6 is 0 Å². The van der Waals surface area contributed by atoms with Gasteiger partial charge < -0.3 is 16.2 Å².